The molecule has 2 aromatic rings. The number of nitrogens with two attached hydrogens (primary N) is 1. The number of carbonyl (C=O) groups is 3. The third-order valence-corrected chi connectivity index (χ3v) is 6.73. The summed E-state index contributed by atoms with van der Waals surface area (Å²) in [6.07, 6.45) is 1.13. The molecular formula is C24H29N3O7S. The maximum Gasteiger partial charge on any atom is 0.257 e. The molecule has 0 radical (unpaired) electrons. The van der Waals surface area contributed by atoms with Crippen molar-refractivity contribution in [1.29, 1.82) is 0 Å². The molecule has 10 nitrogen and oxygen atoms in total. The highest BCUT2D eigenvalue weighted by atomic mass is 32.2. The molecule has 3 rings (SSSR count). The normalized spacial score (nSPS) is 15.9. The lowest BCUT2D eigenvalue weighted by atomic mass is 10.1. The zero-order valence-corrected chi connectivity index (χ0v) is 20.7. The van der Waals surface area contributed by atoms with Gasteiger partial charge in [-0.1, -0.05) is 13.0 Å². The summed E-state index contributed by atoms with van der Waals surface area (Å²) in [5.74, 6) is -0.0852. The average Bonchev–Trinajstić information content (AvgIpc) is 3.12. The molecule has 188 valence electrons. The molecule has 0 spiro atoms. The average molecular weight is 504 g/mol. The van der Waals surface area contributed by atoms with Crippen LogP contribution in [-0.2, 0) is 30.8 Å². The van der Waals surface area contributed by atoms with Crippen molar-refractivity contribution < 1.29 is 32.3 Å². The Labute approximate surface area is 204 Å². The molecule has 3 amide bonds. The minimum atomic E-state index is -3.91. The van der Waals surface area contributed by atoms with Crippen molar-refractivity contribution in [2.24, 2.45) is 5.14 Å². The number of ether oxygens (including phenoxy) is 2. The molecule has 35 heavy (non-hydrogen) atoms. The molecule has 11 heteroatoms. The highest BCUT2D eigenvalue weighted by Crippen LogP contribution is 2.29. The molecule has 0 aliphatic carbocycles. The van der Waals surface area contributed by atoms with Gasteiger partial charge >= 0.3 is 0 Å². The van der Waals surface area contributed by atoms with E-state index in [-0.39, 0.29) is 35.9 Å². The van der Waals surface area contributed by atoms with Crippen molar-refractivity contribution in [1.82, 2.24) is 4.90 Å². The van der Waals surface area contributed by atoms with Crippen LogP contribution in [0.5, 0.6) is 11.5 Å². The first-order chi connectivity index (χ1) is 16.6. The van der Waals surface area contributed by atoms with Gasteiger partial charge in [-0.15, -0.1) is 0 Å². The number of primary sulfonamides is 1. The van der Waals surface area contributed by atoms with Gasteiger partial charge in [-0.2, -0.15) is 0 Å². The standard InChI is InChI=1S/C24H29N3O7S/c1-4-5-22(28)26(13-12-16-6-11-20(33-2)21(14-16)34-3)19-15-23(29)27(24(19)30)17-7-9-18(10-8-17)35(25,31)32/h6-11,14,19H,4-5,12-13,15H2,1-3H3,(H2,25,31,32). The molecule has 0 bridgehead atoms. The van der Waals surface area contributed by atoms with Gasteiger partial charge in [-0.3, -0.25) is 14.4 Å². The smallest absolute Gasteiger partial charge is 0.257 e. The summed E-state index contributed by atoms with van der Waals surface area (Å²) in [7, 11) is -0.839. The van der Waals surface area contributed by atoms with E-state index in [1.807, 2.05) is 19.1 Å². The zero-order valence-electron chi connectivity index (χ0n) is 19.9. The molecule has 1 fully saturated rings. The lowest BCUT2D eigenvalue weighted by Gasteiger charge is -2.28. The van der Waals surface area contributed by atoms with E-state index in [2.05, 4.69) is 0 Å². The molecule has 1 atom stereocenters. The number of hydrogen-bond acceptors (Lipinski definition) is 7. The Kier molecular flexibility index (Phi) is 8.13. The van der Waals surface area contributed by atoms with Crippen LogP contribution in [0.25, 0.3) is 0 Å². The number of amides is 3. The fourth-order valence-electron chi connectivity index (χ4n) is 4.01. The van der Waals surface area contributed by atoms with Crippen LogP contribution < -0.4 is 19.5 Å². The monoisotopic (exact) mass is 503 g/mol. The lowest BCUT2D eigenvalue weighted by Crippen LogP contribution is -2.46. The number of methoxy groups -OCH3 is 2. The summed E-state index contributed by atoms with van der Waals surface area (Å²) in [6, 6.07) is 9.64. The van der Waals surface area contributed by atoms with Crippen molar-refractivity contribution in [3.8, 4) is 11.5 Å². The first-order valence-electron chi connectivity index (χ1n) is 11.1. The fourth-order valence-corrected chi connectivity index (χ4v) is 4.53. The number of rotatable bonds is 10. The highest BCUT2D eigenvalue weighted by Gasteiger charge is 2.44. The number of nitrogens with zero attached hydrogens (tertiary/aromatic N) is 2. The Morgan fingerprint density at radius 1 is 1.09 bits per heavy atom. The molecular weight excluding hydrogens is 474 g/mol. The van der Waals surface area contributed by atoms with Gasteiger partial charge in [-0.05, 0) is 54.8 Å². The van der Waals surface area contributed by atoms with E-state index >= 15 is 0 Å². The van der Waals surface area contributed by atoms with E-state index in [9.17, 15) is 22.8 Å². The van der Waals surface area contributed by atoms with E-state index in [4.69, 9.17) is 14.6 Å². The number of carbonyl (C=O) groups excluding carboxylic acids is 3. The van der Waals surface area contributed by atoms with Crippen molar-refractivity contribution in [2.45, 2.75) is 43.5 Å². The maximum atomic E-state index is 13.3. The molecule has 1 aliphatic heterocycles. The second-order valence-corrected chi connectivity index (χ2v) is 9.66. The van der Waals surface area contributed by atoms with Gasteiger partial charge in [0.05, 0.1) is 31.2 Å². The summed E-state index contributed by atoms with van der Waals surface area (Å²) in [6.45, 7) is 2.10. The SMILES string of the molecule is CCCC(=O)N(CCc1ccc(OC)c(OC)c1)C1CC(=O)N(c2ccc(S(N)(=O)=O)cc2)C1=O. The predicted octanol–water partition coefficient (Wildman–Crippen LogP) is 1.85. The Hall–Kier alpha value is -3.44. The number of hydrogen-bond donors (Lipinski definition) is 1. The lowest BCUT2D eigenvalue weighted by molar-refractivity contribution is -0.138. The minimum Gasteiger partial charge on any atom is -0.493 e. The Bertz CT molecular complexity index is 1210. The second-order valence-electron chi connectivity index (χ2n) is 8.10. The largest absolute Gasteiger partial charge is 0.493 e. The Morgan fingerprint density at radius 3 is 2.31 bits per heavy atom. The van der Waals surface area contributed by atoms with E-state index < -0.39 is 27.9 Å². The molecule has 1 heterocycles. The van der Waals surface area contributed by atoms with Gasteiger partial charge in [0.2, 0.25) is 21.8 Å². The van der Waals surface area contributed by atoms with Crippen molar-refractivity contribution in [3.63, 3.8) is 0 Å². The minimum absolute atomic E-state index is 0.133. The van der Waals surface area contributed by atoms with Crippen LogP contribution in [0.4, 0.5) is 5.69 Å². The van der Waals surface area contributed by atoms with Crippen molar-refractivity contribution >= 4 is 33.4 Å². The third kappa shape index (κ3) is 5.80. The number of sulfonamides is 1. The van der Waals surface area contributed by atoms with Gasteiger partial charge in [0.25, 0.3) is 5.91 Å². The van der Waals surface area contributed by atoms with Crippen LogP contribution in [0, 0.1) is 0 Å². The van der Waals surface area contributed by atoms with Crippen molar-refractivity contribution in [3.05, 3.63) is 48.0 Å². The first kappa shape index (κ1) is 26.2. The molecule has 1 aliphatic rings. The van der Waals surface area contributed by atoms with Gasteiger partial charge in [-0.25, -0.2) is 18.5 Å². The van der Waals surface area contributed by atoms with Gasteiger partial charge in [0.15, 0.2) is 11.5 Å². The van der Waals surface area contributed by atoms with E-state index in [0.717, 1.165) is 10.5 Å². The summed E-state index contributed by atoms with van der Waals surface area (Å²) in [5, 5.41) is 5.12. The number of imide groups is 1. The molecule has 2 N–H and O–H groups in total. The van der Waals surface area contributed by atoms with Crippen LogP contribution in [0.1, 0.15) is 31.7 Å². The maximum absolute atomic E-state index is 13.3. The summed E-state index contributed by atoms with van der Waals surface area (Å²) in [4.78, 5) is 41.3. The van der Waals surface area contributed by atoms with Gasteiger partial charge < -0.3 is 14.4 Å². The van der Waals surface area contributed by atoms with Gasteiger partial charge in [0.1, 0.15) is 6.04 Å². The Morgan fingerprint density at radius 2 is 1.74 bits per heavy atom. The summed E-state index contributed by atoms with van der Waals surface area (Å²) < 4.78 is 33.6. The quantitative estimate of drug-likeness (QED) is 0.489. The van der Waals surface area contributed by atoms with E-state index in [1.165, 1.54) is 36.3 Å². The zero-order chi connectivity index (χ0) is 25.8. The van der Waals surface area contributed by atoms with Gasteiger partial charge in [0, 0.05) is 13.0 Å². The fraction of sp³-hybridized carbons (Fsp3) is 0.375. The molecule has 1 saturated heterocycles. The van der Waals surface area contributed by atoms with Crippen molar-refractivity contribution in [2.75, 3.05) is 25.7 Å². The molecule has 0 aromatic heterocycles. The highest BCUT2D eigenvalue weighted by molar-refractivity contribution is 7.89. The molecule has 0 saturated carbocycles. The topological polar surface area (TPSA) is 136 Å². The molecule has 1 unspecified atom stereocenters. The summed E-state index contributed by atoms with van der Waals surface area (Å²) in [5.41, 5.74) is 1.10. The second kappa shape index (κ2) is 10.9. The van der Waals surface area contributed by atoms with Crippen LogP contribution in [0.2, 0.25) is 0 Å². The van der Waals surface area contributed by atoms with Crippen LogP contribution >= 0.6 is 0 Å². The third-order valence-electron chi connectivity index (χ3n) is 5.80. The number of benzene rings is 2. The van der Waals surface area contributed by atoms with Crippen LogP contribution in [0.3, 0.4) is 0 Å². The van der Waals surface area contributed by atoms with Crippen LogP contribution in [-0.4, -0.2) is 57.8 Å². The number of anilines is 1. The molecule has 2 aromatic carbocycles. The predicted molar refractivity (Wildman–Crippen MR) is 129 cm³/mol. The Balaban J connectivity index is 1.83. The summed E-state index contributed by atoms with van der Waals surface area (Å²) >= 11 is 0. The van der Waals surface area contributed by atoms with E-state index in [0.29, 0.717) is 24.3 Å². The first-order valence-corrected chi connectivity index (χ1v) is 12.6. The van der Waals surface area contributed by atoms with E-state index in [1.54, 1.807) is 13.2 Å². The van der Waals surface area contributed by atoms with Crippen LogP contribution in [0.15, 0.2) is 47.4 Å².